The quantitative estimate of drug-likeness (QED) is 0.477. The Bertz CT molecular complexity index is 130. The monoisotopic (exact) mass is 188 g/mol. The van der Waals surface area contributed by atoms with E-state index >= 15 is 0 Å². The molecule has 0 rings (SSSR count). The molecule has 0 fully saturated rings. The molecule has 52 valence electrons. The van der Waals surface area contributed by atoms with Crippen molar-refractivity contribution in [2.24, 2.45) is 0 Å². The topological polar surface area (TPSA) is 17.1 Å². The number of allylic oxidation sites excluding steroid dienone is 2. The van der Waals surface area contributed by atoms with Gasteiger partial charge < -0.3 is 0 Å². The van der Waals surface area contributed by atoms with Crippen LogP contribution in [0.5, 0.6) is 0 Å². The Kier molecular flexibility index (Phi) is 3.19. The second-order valence-electron chi connectivity index (χ2n) is 3.11. The molecule has 0 radical (unpaired) electrons. The summed E-state index contributed by atoms with van der Waals surface area (Å²) < 4.78 is 0.373. The Balaban J connectivity index is 4.06. The van der Waals surface area contributed by atoms with Gasteiger partial charge in [-0.15, -0.1) is 0 Å². The Hall–Kier alpha value is -0.0471. The van der Waals surface area contributed by atoms with Gasteiger partial charge in [0.25, 0.3) is 0 Å². The predicted molar refractivity (Wildman–Crippen MR) is 43.2 cm³/mol. The third-order valence-electron chi connectivity index (χ3n) is 1.06. The summed E-state index contributed by atoms with van der Waals surface area (Å²) in [7, 11) is 0. The first-order valence-electron chi connectivity index (χ1n) is 3.15. The summed E-state index contributed by atoms with van der Waals surface area (Å²) in [6.45, 7) is 1.88. The third kappa shape index (κ3) is 3.52. The zero-order chi connectivity index (χ0) is 7.49. The molecule has 0 amide bonds. The fraction of sp³-hybridized carbons (Fsp3) is 0.571. The number of hydrogen-bond acceptors (Lipinski definition) is 1. The van der Waals surface area contributed by atoms with Gasteiger partial charge >= 0.3 is 59.0 Å². The molecule has 0 spiro atoms. The van der Waals surface area contributed by atoms with Gasteiger partial charge in [0.05, 0.1) is 0 Å². The molecule has 0 aromatic carbocycles. The first-order chi connectivity index (χ1) is 3.98. The summed E-state index contributed by atoms with van der Waals surface area (Å²) in [5.41, 5.74) is 0. The molecule has 9 heavy (non-hydrogen) atoms. The summed E-state index contributed by atoms with van der Waals surface area (Å²) >= 11 is -1.96. The average Bonchev–Trinajstić information content (AvgIpc) is 1.64. The molecule has 0 bridgehead atoms. The molecule has 0 unspecified atom stereocenters. The Labute approximate surface area is 59.5 Å². The molecule has 1 nitrogen and oxygen atoms in total. The SMILES string of the molecule is CC=C[C](=O)[Ge]([CH3])([CH3])[CH3]. The molecular weight excluding hydrogens is 173 g/mol. The van der Waals surface area contributed by atoms with Crippen LogP contribution in [-0.4, -0.2) is 17.9 Å². The van der Waals surface area contributed by atoms with E-state index in [9.17, 15) is 4.79 Å². The van der Waals surface area contributed by atoms with E-state index in [4.69, 9.17) is 0 Å². The van der Waals surface area contributed by atoms with E-state index in [0.29, 0.717) is 4.62 Å². The number of hydrogen-bond donors (Lipinski definition) is 0. The van der Waals surface area contributed by atoms with E-state index in [0.717, 1.165) is 0 Å². The van der Waals surface area contributed by atoms with E-state index in [1.165, 1.54) is 0 Å². The first kappa shape index (κ1) is 8.95. The van der Waals surface area contributed by atoms with Gasteiger partial charge in [0.1, 0.15) is 0 Å². The minimum absolute atomic E-state index is 0.373. The number of carbonyl (C=O) groups excluding carboxylic acids is 1. The predicted octanol–water partition coefficient (Wildman–Crippen LogP) is 2.01. The minimum atomic E-state index is -1.96. The summed E-state index contributed by atoms with van der Waals surface area (Å²) in [5.74, 6) is 6.30. The molecule has 0 aliphatic carbocycles. The fourth-order valence-electron chi connectivity index (χ4n) is 0.401. The van der Waals surface area contributed by atoms with E-state index in [1.807, 2.05) is 13.0 Å². The van der Waals surface area contributed by atoms with E-state index < -0.39 is 13.3 Å². The fourth-order valence-corrected chi connectivity index (χ4v) is 1.80. The van der Waals surface area contributed by atoms with Crippen LogP contribution in [0.25, 0.3) is 0 Å². The van der Waals surface area contributed by atoms with Crippen molar-refractivity contribution in [2.45, 2.75) is 24.2 Å². The Morgan fingerprint density at radius 3 is 1.89 bits per heavy atom. The number of carbonyl (C=O) groups is 1. The molecule has 0 aliphatic heterocycles. The zero-order valence-corrected chi connectivity index (χ0v) is 8.66. The van der Waals surface area contributed by atoms with Crippen molar-refractivity contribution < 1.29 is 4.79 Å². The standard InChI is InChI=1S/C7H14GeO/c1-5-6-7(9)8(2,3)4/h5-6H,1-4H3. The normalized spacial score (nSPS) is 12.4. The second-order valence-corrected chi connectivity index (χ2v) is 13.6. The van der Waals surface area contributed by atoms with Crippen molar-refractivity contribution in [1.82, 2.24) is 0 Å². The summed E-state index contributed by atoms with van der Waals surface area (Å²) in [6, 6.07) is 0. The summed E-state index contributed by atoms with van der Waals surface area (Å²) in [4.78, 5) is 11.1. The second kappa shape index (κ2) is 3.20. The van der Waals surface area contributed by atoms with Crippen LogP contribution in [0.15, 0.2) is 12.2 Å². The third-order valence-corrected chi connectivity index (χ3v) is 4.51. The molecule has 0 aliphatic rings. The van der Waals surface area contributed by atoms with Crippen LogP contribution < -0.4 is 0 Å². The van der Waals surface area contributed by atoms with Gasteiger partial charge in [-0.25, -0.2) is 0 Å². The first-order valence-corrected chi connectivity index (χ1v) is 10.5. The van der Waals surface area contributed by atoms with Crippen molar-refractivity contribution in [3.05, 3.63) is 12.2 Å². The number of rotatable bonds is 2. The van der Waals surface area contributed by atoms with Crippen LogP contribution in [0, 0.1) is 0 Å². The molecule has 2 heteroatoms. The Morgan fingerprint density at radius 1 is 1.33 bits per heavy atom. The van der Waals surface area contributed by atoms with Gasteiger partial charge in [-0.3, -0.25) is 0 Å². The van der Waals surface area contributed by atoms with Gasteiger partial charge in [-0.2, -0.15) is 0 Å². The van der Waals surface area contributed by atoms with Crippen LogP contribution in [0.3, 0.4) is 0 Å². The van der Waals surface area contributed by atoms with Gasteiger partial charge in [0.15, 0.2) is 0 Å². The van der Waals surface area contributed by atoms with Crippen LogP contribution in [0.2, 0.25) is 17.3 Å². The van der Waals surface area contributed by atoms with Crippen molar-refractivity contribution in [1.29, 1.82) is 0 Å². The van der Waals surface area contributed by atoms with E-state index in [1.54, 1.807) is 6.08 Å². The van der Waals surface area contributed by atoms with E-state index in [-0.39, 0.29) is 0 Å². The molecule has 0 heterocycles. The van der Waals surface area contributed by atoms with Gasteiger partial charge in [-0.05, 0) is 0 Å². The van der Waals surface area contributed by atoms with Gasteiger partial charge in [0, 0.05) is 0 Å². The van der Waals surface area contributed by atoms with Crippen LogP contribution in [0.1, 0.15) is 6.92 Å². The molecule has 0 saturated heterocycles. The van der Waals surface area contributed by atoms with Crippen molar-refractivity contribution in [3.63, 3.8) is 0 Å². The maximum absolute atomic E-state index is 11.1. The van der Waals surface area contributed by atoms with Crippen molar-refractivity contribution in [3.8, 4) is 0 Å². The van der Waals surface area contributed by atoms with Gasteiger partial charge in [-0.1, -0.05) is 0 Å². The van der Waals surface area contributed by atoms with Crippen molar-refractivity contribution in [2.75, 3.05) is 0 Å². The molecule has 0 aromatic rings. The van der Waals surface area contributed by atoms with E-state index in [2.05, 4.69) is 17.3 Å². The van der Waals surface area contributed by atoms with Crippen LogP contribution >= 0.6 is 0 Å². The summed E-state index contributed by atoms with van der Waals surface area (Å²) in [5, 5.41) is 0. The Morgan fingerprint density at radius 2 is 1.78 bits per heavy atom. The van der Waals surface area contributed by atoms with Crippen LogP contribution in [-0.2, 0) is 4.79 Å². The molecule has 0 N–H and O–H groups in total. The van der Waals surface area contributed by atoms with Crippen molar-refractivity contribution >= 4 is 17.9 Å². The van der Waals surface area contributed by atoms with Crippen LogP contribution in [0.4, 0.5) is 0 Å². The molecule has 0 atom stereocenters. The van der Waals surface area contributed by atoms with Gasteiger partial charge in [0.2, 0.25) is 0 Å². The molecule has 0 aromatic heterocycles. The molecular formula is C7H14GeO. The maximum atomic E-state index is 11.1. The summed E-state index contributed by atoms with van der Waals surface area (Å²) in [6.07, 6.45) is 3.51. The zero-order valence-electron chi connectivity index (χ0n) is 6.56. The average molecular weight is 187 g/mol. The molecule has 0 saturated carbocycles.